The molecule has 0 spiro atoms. The van der Waals surface area contributed by atoms with Crippen molar-refractivity contribution in [1.82, 2.24) is 5.32 Å². The van der Waals surface area contributed by atoms with E-state index in [1.54, 1.807) is 0 Å². The van der Waals surface area contributed by atoms with E-state index in [1.807, 2.05) is 7.05 Å². The minimum Gasteiger partial charge on any atom is -0.319 e. The molecule has 0 saturated heterocycles. The molecule has 1 N–H and O–H groups in total. The third-order valence-electron chi connectivity index (χ3n) is 3.52. The van der Waals surface area contributed by atoms with E-state index < -0.39 is 0 Å². The van der Waals surface area contributed by atoms with Crippen molar-refractivity contribution in [2.24, 2.45) is 5.92 Å². The molecular weight excluding hydrogens is 250 g/mol. The van der Waals surface area contributed by atoms with Gasteiger partial charge in [-0.3, -0.25) is 0 Å². The molecule has 82 valence electrons. The maximum atomic E-state index is 3.66. The van der Waals surface area contributed by atoms with Gasteiger partial charge in [0.1, 0.15) is 0 Å². The monoisotopic (exact) mass is 267 g/mol. The molecule has 0 aliphatic heterocycles. The normalized spacial score (nSPS) is 25.0. The van der Waals surface area contributed by atoms with E-state index in [2.05, 4.69) is 46.4 Å². The van der Waals surface area contributed by atoms with Gasteiger partial charge in [-0.1, -0.05) is 35.0 Å². The van der Waals surface area contributed by atoms with Crippen LogP contribution in [-0.2, 0) is 6.42 Å². The van der Waals surface area contributed by atoms with E-state index in [-0.39, 0.29) is 0 Å². The topological polar surface area (TPSA) is 12.0 Å². The fourth-order valence-corrected chi connectivity index (χ4v) is 3.18. The number of rotatable bonds is 2. The fourth-order valence-electron chi connectivity index (χ4n) is 2.60. The summed E-state index contributed by atoms with van der Waals surface area (Å²) < 4.78 is 1.29. The van der Waals surface area contributed by atoms with Crippen molar-refractivity contribution in [2.45, 2.75) is 25.7 Å². The van der Waals surface area contributed by atoms with Gasteiger partial charge in [-0.15, -0.1) is 0 Å². The molecule has 15 heavy (non-hydrogen) atoms. The van der Waals surface area contributed by atoms with Crippen LogP contribution >= 0.6 is 15.9 Å². The maximum Gasteiger partial charge on any atom is 0.0210 e. The van der Waals surface area contributed by atoms with E-state index in [4.69, 9.17) is 0 Å². The molecular formula is C13H18BrN. The van der Waals surface area contributed by atoms with E-state index in [0.717, 1.165) is 12.5 Å². The van der Waals surface area contributed by atoms with Gasteiger partial charge in [0.2, 0.25) is 0 Å². The summed E-state index contributed by atoms with van der Waals surface area (Å²) >= 11 is 3.66. The predicted molar refractivity (Wildman–Crippen MR) is 68.3 cm³/mol. The Labute approximate surface area is 100 Å². The Balaban J connectivity index is 2.39. The van der Waals surface area contributed by atoms with E-state index in [0.29, 0.717) is 5.92 Å². The van der Waals surface area contributed by atoms with Gasteiger partial charge in [-0.2, -0.15) is 0 Å². The molecule has 0 fully saturated rings. The number of hydrogen-bond acceptors (Lipinski definition) is 1. The summed E-state index contributed by atoms with van der Waals surface area (Å²) in [7, 11) is 2.04. The largest absolute Gasteiger partial charge is 0.319 e. The van der Waals surface area contributed by atoms with Crippen LogP contribution in [0.5, 0.6) is 0 Å². The zero-order chi connectivity index (χ0) is 10.8. The van der Waals surface area contributed by atoms with Crippen LogP contribution in [0.25, 0.3) is 0 Å². The van der Waals surface area contributed by atoms with Crippen molar-refractivity contribution < 1.29 is 0 Å². The van der Waals surface area contributed by atoms with Crippen molar-refractivity contribution in [3.63, 3.8) is 0 Å². The highest BCUT2D eigenvalue weighted by atomic mass is 79.9. The Morgan fingerprint density at radius 1 is 1.47 bits per heavy atom. The summed E-state index contributed by atoms with van der Waals surface area (Å²) in [4.78, 5) is 0. The minimum atomic E-state index is 0.677. The summed E-state index contributed by atoms with van der Waals surface area (Å²) in [6.07, 6.45) is 2.53. The molecule has 1 aromatic rings. The van der Waals surface area contributed by atoms with Gasteiger partial charge in [-0.05, 0) is 48.9 Å². The third-order valence-corrected chi connectivity index (χ3v) is 4.26. The Hall–Kier alpha value is -0.340. The molecule has 1 aliphatic carbocycles. The standard InChI is InChI=1S/C13H18BrN/c1-9-6-7-11-10(12(9)8-15-2)4-3-5-13(11)14/h3-5,9,12,15H,6-8H2,1-2H3. The summed E-state index contributed by atoms with van der Waals surface area (Å²) in [5, 5.41) is 3.31. The van der Waals surface area contributed by atoms with Gasteiger partial charge in [-0.25, -0.2) is 0 Å². The highest BCUT2D eigenvalue weighted by Crippen LogP contribution is 2.38. The highest BCUT2D eigenvalue weighted by Gasteiger charge is 2.26. The molecule has 2 unspecified atom stereocenters. The van der Waals surface area contributed by atoms with Crippen molar-refractivity contribution >= 4 is 15.9 Å². The van der Waals surface area contributed by atoms with Crippen LogP contribution in [0.1, 0.15) is 30.4 Å². The molecule has 0 radical (unpaired) electrons. The smallest absolute Gasteiger partial charge is 0.0210 e. The van der Waals surface area contributed by atoms with Crippen LogP contribution < -0.4 is 5.32 Å². The van der Waals surface area contributed by atoms with Crippen LogP contribution in [0.3, 0.4) is 0 Å². The number of nitrogens with one attached hydrogen (secondary N) is 1. The van der Waals surface area contributed by atoms with Crippen LogP contribution in [-0.4, -0.2) is 13.6 Å². The Morgan fingerprint density at radius 3 is 3.00 bits per heavy atom. The number of hydrogen-bond donors (Lipinski definition) is 1. The molecule has 1 aromatic carbocycles. The predicted octanol–water partition coefficient (Wildman–Crippen LogP) is 3.33. The van der Waals surface area contributed by atoms with Crippen molar-refractivity contribution in [1.29, 1.82) is 0 Å². The summed E-state index contributed by atoms with van der Waals surface area (Å²) in [5.41, 5.74) is 3.06. The van der Waals surface area contributed by atoms with Crippen molar-refractivity contribution in [3.05, 3.63) is 33.8 Å². The lowest BCUT2D eigenvalue weighted by molar-refractivity contribution is 0.392. The molecule has 0 amide bonds. The molecule has 1 aliphatic rings. The first kappa shape index (κ1) is 11.2. The second-order valence-electron chi connectivity index (χ2n) is 4.49. The molecule has 1 nitrogen and oxygen atoms in total. The second kappa shape index (κ2) is 4.67. The molecule has 2 atom stereocenters. The molecule has 0 bridgehead atoms. The van der Waals surface area contributed by atoms with E-state index in [1.165, 1.54) is 28.4 Å². The Morgan fingerprint density at radius 2 is 2.27 bits per heavy atom. The Bertz CT molecular complexity index is 348. The summed E-state index contributed by atoms with van der Waals surface area (Å²) in [5.74, 6) is 1.47. The minimum absolute atomic E-state index is 0.677. The van der Waals surface area contributed by atoms with Crippen LogP contribution in [0.4, 0.5) is 0 Å². The van der Waals surface area contributed by atoms with Crippen LogP contribution in [0, 0.1) is 5.92 Å². The zero-order valence-corrected chi connectivity index (χ0v) is 11.0. The average molecular weight is 268 g/mol. The van der Waals surface area contributed by atoms with Gasteiger partial charge >= 0.3 is 0 Å². The van der Waals surface area contributed by atoms with Crippen LogP contribution in [0.2, 0.25) is 0 Å². The highest BCUT2D eigenvalue weighted by molar-refractivity contribution is 9.10. The number of halogens is 1. The molecule has 2 heteroatoms. The second-order valence-corrected chi connectivity index (χ2v) is 5.34. The first-order chi connectivity index (χ1) is 7.24. The SMILES string of the molecule is CNCC1c2cccc(Br)c2CCC1C. The van der Waals surface area contributed by atoms with Gasteiger partial charge in [0.25, 0.3) is 0 Å². The van der Waals surface area contributed by atoms with Gasteiger partial charge in [0.15, 0.2) is 0 Å². The van der Waals surface area contributed by atoms with E-state index in [9.17, 15) is 0 Å². The van der Waals surface area contributed by atoms with Crippen LogP contribution in [0.15, 0.2) is 22.7 Å². The first-order valence-electron chi connectivity index (χ1n) is 5.66. The maximum absolute atomic E-state index is 3.66. The lowest BCUT2D eigenvalue weighted by Crippen LogP contribution is -2.27. The third kappa shape index (κ3) is 2.11. The molecule has 0 aromatic heterocycles. The molecule has 0 heterocycles. The fraction of sp³-hybridized carbons (Fsp3) is 0.538. The number of likely N-dealkylation sites (N-methyl/N-ethyl adjacent to an activating group) is 1. The first-order valence-corrected chi connectivity index (χ1v) is 6.45. The lowest BCUT2D eigenvalue weighted by Gasteiger charge is -2.32. The van der Waals surface area contributed by atoms with Gasteiger partial charge in [0, 0.05) is 11.0 Å². The summed E-state index contributed by atoms with van der Waals surface area (Å²) in [6.45, 7) is 3.45. The Kier molecular flexibility index (Phi) is 3.47. The van der Waals surface area contributed by atoms with Crippen molar-refractivity contribution in [3.8, 4) is 0 Å². The summed E-state index contributed by atoms with van der Waals surface area (Å²) in [6, 6.07) is 6.60. The lowest BCUT2D eigenvalue weighted by atomic mass is 9.76. The van der Waals surface area contributed by atoms with E-state index >= 15 is 0 Å². The average Bonchev–Trinajstić information content (AvgIpc) is 2.23. The van der Waals surface area contributed by atoms with Crippen molar-refractivity contribution in [2.75, 3.05) is 13.6 Å². The molecule has 2 rings (SSSR count). The number of fused-ring (bicyclic) bond motifs is 1. The quantitative estimate of drug-likeness (QED) is 0.867. The van der Waals surface area contributed by atoms with Gasteiger partial charge < -0.3 is 5.32 Å². The zero-order valence-electron chi connectivity index (χ0n) is 9.39. The molecule has 0 saturated carbocycles. The number of benzene rings is 1. The van der Waals surface area contributed by atoms with Gasteiger partial charge in [0.05, 0.1) is 0 Å².